The van der Waals surface area contributed by atoms with Crippen molar-refractivity contribution >= 4 is 5.57 Å². The fourth-order valence-electron chi connectivity index (χ4n) is 6.93. The molecule has 2 saturated carbocycles. The van der Waals surface area contributed by atoms with Crippen molar-refractivity contribution < 1.29 is 4.74 Å². The third-order valence-corrected chi connectivity index (χ3v) is 8.67. The molecule has 2 unspecified atom stereocenters. The zero-order valence-corrected chi connectivity index (χ0v) is 22.4. The number of terminal acetylenes is 1. The van der Waals surface area contributed by atoms with Gasteiger partial charge in [-0.3, -0.25) is 0 Å². The number of hydrogen-bond donors (Lipinski definition) is 0. The number of rotatable bonds is 7. The summed E-state index contributed by atoms with van der Waals surface area (Å²) in [6, 6.07) is 15.7. The maximum Gasteiger partial charge on any atom is 0.135 e. The molecule has 0 heterocycles. The van der Waals surface area contributed by atoms with E-state index in [0.29, 0.717) is 17.3 Å². The minimum Gasteiger partial charge on any atom is -0.490 e. The lowest BCUT2D eigenvalue weighted by Crippen LogP contribution is -2.36. The number of aryl methyl sites for hydroxylation is 1. The Balaban J connectivity index is 1.46. The summed E-state index contributed by atoms with van der Waals surface area (Å²) >= 11 is 0. The zero-order chi connectivity index (χ0) is 25.0. The molecule has 0 radical (unpaired) electrons. The van der Waals surface area contributed by atoms with E-state index in [1.807, 2.05) is 19.9 Å². The molecule has 0 aromatic heterocycles. The van der Waals surface area contributed by atoms with Crippen LogP contribution < -0.4 is 4.74 Å². The second-order valence-electron chi connectivity index (χ2n) is 11.7. The summed E-state index contributed by atoms with van der Waals surface area (Å²) in [5, 5.41) is 0. The van der Waals surface area contributed by atoms with Crippen LogP contribution in [0, 0.1) is 36.5 Å². The van der Waals surface area contributed by atoms with Crippen LogP contribution in [0.2, 0.25) is 0 Å². The normalized spacial score (nSPS) is 26.5. The van der Waals surface area contributed by atoms with E-state index < -0.39 is 0 Å². The third-order valence-electron chi connectivity index (χ3n) is 8.67. The van der Waals surface area contributed by atoms with E-state index in [0.717, 1.165) is 17.2 Å². The van der Waals surface area contributed by atoms with E-state index >= 15 is 0 Å². The third kappa shape index (κ3) is 6.03. The van der Waals surface area contributed by atoms with Crippen molar-refractivity contribution in [1.29, 1.82) is 0 Å². The topological polar surface area (TPSA) is 9.23 Å². The largest absolute Gasteiger partial charge is 0.490 e. The standard InChI is InChI=1S/C34H44O/c1-7-9-27-20-32(30-12-10-25(5)11-13-30)23-34(22-27)18-16-29(17-19-34)26(6)31-14-15-33(35-24(3)4)28(8-2)21-31/h2,10-15,21,24,27,29,32H,6-7,9,16-20,22-23H2,1,3-5H3. The van der Waals surface area contributed by atoms with E-state index in [9.17, 15) is 0 Å². The Morgan fingerprint density at radius 3 is 2.46 bits per heavy atom. The number of hydrogen-bond acceptors (Lipinski definition) is 1. The average Bonchev–Trinajstić information content (AvgIpc) is 2.84. The van der Waals surface area contributed by atoms with E-state index in [2.05, 4.69) is 62.7 Å². The highest BCUT2D eigenvalue weighted by atomic mass is 16.5. The first-order valence-electron chi connectivity index (χ1n) is 13.9. The Kier molecular flexibility index (Phi) is 8.11. The van der Waals surface area contributed by atoms with Crippen LogP contribution in [0.4, 0.5) is 0 Å². The minimum atomic E-state index is 0.112. The van der Waals surface area contributed by atoms with Gasteiger partial charge in [0.25, 0.3) is 0 Å². The van der Waals surface area contributed by atoms with Crippen LogP contribution >= 0.6 is 0 Å². The van der Waals surface area contributed by atoms with Crippen LogP contribution in [-0.2, 0) is 0 Å². The second kappa shape index (κ2) is 11.1. The lowest BCUT2D eigenvalue weighted by atomic mass is 9.56. The summed E-state index contributed by atoms with van der Waals surface area (Å²) < 4.78 is 5.90. The molecule has 2 aromatic carbocycles. The van der Waals surface area contributed by atoms with Crippen LogP contribution in [0.1, 0.15) is 107 Å². The number of benzene rings is 2. The van der Waals surface area contributed by atoms with Crippen molar-refractivity contribution in [3.63, 3.8) is 0 Å². The van der Waals surface area contributed by atoms with Gasteiger partial charge in [-0.2, -0.15) is 0 Å². The van der Waals surface area contributed by atoms with Gasteiger partial charge in [0.15, 0.2) is 0 Å². The highest BCUT2D eigenvalue weighted by Crippen LogP contribution is 2.56. The van der Waals surface area contributed by atoms with Gasteiger partial charge in [-0.05, 0) is 118 Å². The smallest absolute Gasteiger partial charge is 0.135 e. The summed E-state index contributed by atoms with van der Waals surface area (Å²) in [5.74, 6) is 5.75. The SMILES string of the molecule is C#Cc1cc(C(=C)C2CCC3(CC2)CC(CCC)CC(c2ccc(C)cc2)C3)ccc1OC(C)C. The predicted molar refractivity (Wildman–Crippen MR) is 150 cm³/mol. The Labute approximate surface area is 214 Å². The molecule has 2 aliphatic carbocycles. The maximum atomic E-state index is 5.90. The summed E-state index contributed by atoms with van der Waals surface area (Å²) in [4.78, 5) is 0. The Hall–Kier alpha value is -2.46. The van der Waals surface area contributed by atoms with Gasteiger partial charge in [0.1, 0.15) is 5.75 Å². The van der Waals surface area contributed by atoms with E-state index in [4.69, 9.17) is 11.2 Å². The highest BCUT2D eigenvalue weighted by molar-refractivity contribution is 5.68. The second-order valence-corrected chi connectivity index (χ2v) is 11.7. The number of ether oxygens (including phenoxy) is 1. The molecular weight excluding hydrogens is 424 g/mol. The molecule has 0 saturated heterocycles. The minimum absolute atomic E-state index is 0.112. The molecule has 186 valence electrons. The van der Waals surface area contributed by atoms with Gasteiger partial charge >= 0.3 is 0 Å². The molecule has 0 aliphatic heterocycles. The van der Waals surface area contributed by atoms with Crippen LogP contribution in [-0.4, -0.2) is 6.10 Å². The van der Waals surface area contributed by atoms with Gasteiger partial charge in [0.05, 0.1) is 11.7 Å². The molecule has 0 amide bonds. The van der Waals surface area contributed by atoms with Crippen molar-refractivity contribution in [1.82, 2.24) is 0 Å². The summed E-state index contributed by atoms with van der Waals surface area (Å²) in [6.07, 6.45) is 17.9. The van der Waals surface area contributed by atoms with Gasteiger partial charge in [-0.25, -0.2) is 0 Å². The van der Waals surface area contributed by atoms with Gasteiger partial charge < -0.3 is 4.74 Å². The van der Waals surface area contributed by atoms with Crippen molar-refractivity contribution in [3.8, 4) is 18.1 Å². The molecule has 2 aliphatic rings. The van der Waals surface area contributed by atoms with E-state index in [1.54, 1.807) is 5.56 Å². The first-order valence-corrected chi connectivity index (χ1v) is 13.9. The molecular formula is C34H44O. The molecule has 1 heteroatoms. The van der Waals surface area contributed by atoms with Gasteiger partial charge in [0, 0.05) is 0 Å². The Morgan fingerprint density at radius 2 is 1.83 bits per heavy atom. The fraction of sp³-hybridized carbons (Fsp3) is 0.529. The van der Waals surface area contributed by atoms with Gasteiger partial charge in [-0.1, -0.05) is 68.2 Å². The van der Waals surface area contributed by atoms with Crippen molar-refractivity contribution in [2.45, 2.75) is 97.5 Å². The van der Waals surface area contributed by atoms with Crippen LogP contribution in [0.5, 0.6) is 5.75 Å². The van der Waals surface area contributed by atoms with E-state index in [1.165, 1.54) is 74.5 Å². The van der Waals surface area contributed by atoms with Crippen LogP contribution in [0.25, 0.3) is 5.57 Å². The first kappa shape index (κ1) is 25.6. The molecule has 4 rings (SSSR count). The Bertz CT molecular complexity index is 1040. The monoisotopic (exact) mass is 468 g/mol. The van der Waals surface area contributed by atoms with Gasteiger partial charge in [-0.15, -0.1) is 6.42 Å². The molecule has 35 heavy (non-hydrogen) atoms. The summed E-state index contributed by atoms with van der Waals surface area (Å²) in [7, 11) is 0. The van der Waals surface area contributed by atoms with Gasteiger partial charge in [0.2, 0.25) is 0 Å². The van der Waals surface area contributed by atoms with E-state index in [-0.39, 0.29) is 6.10 Å². The van der Waals surface area contributed by atoms with Crippen LogP contribution in [0.3, 0.4) is 0 Å². The predicted octanol–water partition coefficient (Wildman–Crippen LogP) is 9.34. The van der Waals surface area contributed by atoms with Crippen molar-refractivity contribution in [3.05, 3.63) is 71.3 Å². The molecule has 2 fully saturated rings. The average molecular weight is 469 g/mol. The zero-order valence-electron chi connectivity index (χ0n) is 22.4. The summed E-state index contributed by atoms with van der Waals surface area (Å²) in [5.41, 5.74) is 6.69. The number of allylic oxidation sites excluding steroid dienone is 1. The molecule has 2 atom stereocenters. The molecule has 1 nitrogen and oxygen atoms in total. The maximum absolute atomic E-state index is 5.90. The van der Waals surface area contributed by atoms with Crippen molar-refractivity contribution in [2.24, 2.45) is 17.3 Å². The first-order chi connectivity index (χ1) is 16.8. The fourth-order valence-corrected chi connectivity index (χ4v) is 6.93. The summed E-state index contributed by atoms with van der Waals surface area (Å²) in [6.45, 7) is 13.2. The lowest BCUT2D eigenvalue weighted by Gasteiger charge is -2.49. The molecule has 0 bridgehead atoms. The lowest BCUT2D eigenvalue weighted by molar-refractivity contribution is 0.0608. The van der Waals surface area contributed by atoms with Crippen molar-refractivity contribution in [2.75, 3.05) is 0 Å². The van der Waals surface area contributed by atoms with Crippen LogP contribution in [0.15, 0.2) is 49.0 Å². The Morgan fingerprint density at radius 1 is 1.11 bits per heavy atom. The molecule has 0 N–H and O–H groups in total. The molecule has 2 aromatic rings. The quantitative estimate of drug-likeness (QED) is 0.368. The highest BCUT2D eigenvalue weighted by Gasteiger charge is 2.43. The molecule has 1 spiro atoms.